The zero-order valence-electron chi connectivity index (χ0n) is 20.4. The third-order valence-electron chi connectivity index (χ3n) is 7.54. The van der Waals surface area contributed by atoms with Gasteiger partial charge >= 0.3 is 6.09 Å². The first-order valence-electron chi connectivity index (χ1n) is 12.6. The van der Waals surface area contributed by atoms with Gasteiger partial charge in [-0.3, -0.25) is 14.5 Å². The van der Waals surface area contributed by atoms with Crippen LogP contribution in [0.5, 0.6) is 0 Å². The Morgan fingerprint density at radius 2 is 1.80 bits per heavy atom. The molecule has 1 spiro atoms. The van der Waals surface area contributed by atoms with Gasteiger partial charge in [-0.25, -0.2) is 9.18 Å². The van der Waals surface area contributed by atoms with Crippen LogP contribution >= 0.6 is 0 Å². The normalized spacial score (nSPS) is 22.2. The van der Waals surface area contributed by atoms with Crippen molar-refractivity contribution < 1.29 is 23.5 Å². The minimum atomic E-state index is -0.593. The standard InChI is InChI=1S/C25H36FN5O4/c1-2-35-24(34)27-18-22(32)31-11-8-25(9-12-31)17-20(28-23(25)33)7-10-29-13-15-30(16-14-29)21-5-3-19(26)4-6-21/h3-6,20H,2,7-18H2,1H3,(H,27,34)(H,28,33)/t20-/m0/s1. The molecule has 1 aromatic carbocycles. The van der Waals surface area contributed by atoms with Crippen LogP contribution in [0.25, 0.3) is 0 Å². The van der Waals surface area contributed by atoms with Crippen LogP contribution in [-0.2, 0) is 14.3 Å². The number of carbonyl (C=O) groups is 3. The van der Waals surface area contributed by atoms with E-state index in [1.807, 2.05) is 12.1 Å². The molecule has 3 aliphatic rings. The Hall–Kier alpha value is -2.88. The third-order valence-corrected chi connectivity index (χ3v) is 7.54. The zero-order chi connectivity index (χ0) is 24.8. The molecule has 0 aliphatic carbocycles. The van der Waals surface area contributed by atoms with E-state index in [1.165, 1.54) is 12.1 Å². The van der Waals surface area contributed by atoms with Gasteiger partial charge in [-0.1, -0.05) is 0 Å². The quantitative estimate of drug-likeness (QED) is 0.604. The molecule has 3 saturated heterocycles. The molecule has 2 N–H and O–H groups in total. The molecule has 0 aromatic heterocycles. The highest BCUT2D eigenvalue weighted by Gasteiger charge is 2.48. The van der Waals surface area contributed by atoms with E-state index in [-0.39, 0.29) is 36.8 Å². The number of nitrogens with zero attached hydrogens (tertiary/aromatic N) is 3. The van der Waals surface area contributed by atoms with Crippen molar-refractivity contribution in [3.05, 3.63) is 30.1 Å². The van der Waals surface area contributed by atoms with Gasteiger partial charge in [0.25, 0.3) is 0 Å². The van der Waals surface area contributed by atoms with Gasteiger partial charge in [-0.2, -0.15) is 0 Å². The van der Waals surface area contributed by atoms with Crippen LogP contribution in [0, 0.1) is 11.2 Å². The molecule has 3 amide bonds. The highest BCUT2D eigenvalue weighted by molar-refractivity contribution is 5.86. The van der Waals surface area contributed by atoms with Gasteiger partial charge in [-0.05, 0) is 56.9 Å². The van der Waals surface area contributed by atoms with Crippen molar-refractivity contribution >= 4 is 23.6 Å². The molecule has 3 fully saturated rings. The number of hydrogen-bond donors (Lipinski definition) is 2. The summed E-state index contributed by atoms with van der Waals surface area (Å²) < 4.78 is 18.0. The summed E-state index contributed by atoms with van der Waals surface area (Å²) in [6.45, 7) is 7.56. The highest BCUT2D eigenvalue weighted by Crippen LogP contribution is 2.41. The van der Waals surface area contributed by atoms with E-state index in [0.29, 0.717) is 25.9 Å². The topological polar surface area (TPSA) is 94.2 Å². The van der Waals surface area contributed by atoms with Gasteiger partial charge in [0.05, 0.1) is 12.0 Å². The maximum Gasteiger partial charge on any atom is 0.407 e. The van der Waals surface area contributed by atoms with Gasteiger partial charge in [0.1, 0.15) is 12.4 Å². The highest BCUT2D eigenvalue weighted by atomic mass is 19.1. The minimum absolute atomic E-state index is 0.0882. The Kier molecular flexibility index (Phi) is 8.10. The number of piperidine rings is 1. The number of carbonyl (C=O) groups excluding carboxylic acids is 3. The summed E-state index contributed by atoms with van der Waals surface area (Å²) in [5, 5.41) is 5.67. The lowest BCUT2D eigenvalue weighted by atomic mass is 9.75. The SMILES string of the molecule is CCOC(=O)NCC(=O)N1CCC2(CC1)C[C@H](CCN1CCN(c3ccc(F)cc3)CC1)NC2=O. The summed E-state index contributed by atoms with van der Waals surface area (Å²) in [6.07, 6.45) is 2.43. The Morgan fingerprint density at radius 3 is 2.46 bits per heavy atom. The molecule has 0 radical (unpaired) electrons. The first kappa shape index (κ1) is 25.2. The number of likely N-dealkylation sites (tertiary alicyclic amines) is 1. The lowest BCUT2D eigenvalue weighted by Crippen LogP contribution is -2.48. The Labute approximate surface area is 205 Å². The number of anilines is 1. The Bertz CT molecular complexity index is 896. The second kappa shape index (κ2) is 11.2. The Balaban J connectivity index is 1.17. The van der Waals surface area contributed by atoms with Crippen molar-refractivity contribution in [3.8, 4) is 0 Å². The van der Waals surface area contributed by atoms with Crippen molar-refractivity contribution in [2.45, 2.75) is 38.6 Å². The monoisotopic (exact) mass is 489 g/mol. The smallest absolute Gasteiger partial charge is 0.407 e. The average Bonchev–Trinajstić information content (AvgIpc) is 3.17. The molecule has 10 heteroatoms. The van der Waals surface area contributed by atoms with E-state index in [1.54, 1.807) is 11.8 Å². The molecular formula is C25H36FN5O4. The van der Waals surface area contributed by atoms with E-state index in [2.05, 4.69) is 20.4 Å². The molecule has 0 bridgehead atoms. The largest absolute Gasteiger partial charge is 0.450 e. The van der Waals surface area contributed by atoms with Crippen molar-refractivity contribution in [1.82, 2.24) is 20.4 Å². The van der Waals surface area contributed by atoms with Gasteiger partial charge < -0.3 is 25.2 Å². The van der Waals surface area contributed by atoms with E-state index in [0.717, 1.165) is 51.3 Å². The Morgan fingerprint density at radius 1 is 1.11 bits per heavy atom. The predicted octanol–water partition coefficient (Wildman–Crippen LogP) is 1.58. The van der Waals surface area contributed by atoms with Gasteiger partial charge in [-0.15, -0.1) is 0 Å². The van der Waals surface area contributed by atoms with Crippen LogP contribution in [0.2, 0.25) is 0 Å². The minimum Gasteiger partial charge on any atom is -0.450 e. The van der Waals surface area contributed by atoms with Crippen LogP contribution in [0.15, 0.2) is 24.3 Å². The molecule has 1 aromatic rings. The van der Waals surface area contributed by atoms with E-state index in [9.17, 15) is 18.8 Å². The molecular weight excluding hydrogens is 453 g/mol. The lowest BCUT2D eigenvalue weighted by Gasteiger charge is -2.38. The fourth-order valence-electron chi connectivity index (χ4n) is 5.41. The number of halogens is 1. The molecule has 0 saturated carbocycles. The molecule has 0 unspecified atom stereocenters. The lowest BCUT2D eigenvalue weighted by molar-refractivity contribution is -0.137. The second-order valence-corrected chi connectivity index (χ2v) is 9.70. The van der Waals surface area contributed by atoms with Crippen LogP contribution in [0.4, 0.5) is 14.9 Å². The molecule has 9 nitrogen and oxygen atoms in total. The number of amides is 3. The fraction of sp³-hybridized carbons (Fsp3) is 0.640. The van der Waals surface area contributed by atoms with Crippen molar-refractivity contribution in [2.75, 3.05) is 63.9 Å². The van der Waals surface area contributed by atoms with Crippen LogP contribution in [-0.4, -0.2) is 92.7 Å². The molecule has 3 aliphatic heterocycles. The second-order valence-electron chi connectivity index (χ2n) is 9.70. The summed E-state index contributed by atoms with van der Waals surface area (Å²) in [7, 11) is 0. The summed E-state index contributed by atoms with van der Waals surface area (Å²) in [5.41, 5.74) is 0.662. The van der Waals surface area contributed by atoms with Crippen LogP contribution in [0.3, 0.4) is 0 Å². The fourth-order valence-corrected chi connectivity index (χ4v) is 5.41. The molecule has 192 valence electrons. The molecule has 4 rings (SSSR count). The van der Waals surface area contributed by atoms with E-state index >= 15 is 0 Å². The number of piperazine rings is 1. The summed E-state index contributed by atoms with van der Waals surface area (Å²) in [4.78, 5) is 43.1. The first-order valence-corrected chi connectivity index (χ1v) is 12.6. The van der Waals surface area contributed by atoms with Crippen molar-refractivity contribution in [1.29, 1.82) is 0 Å². The average molecular weight is 490 g/mol. The van der Waals surface area contributed by atoms with Gasteiger partial charge in [0.2, 0.25) is 11.8 Å². The summed E-state index contributed by atoms with van der Waals surface area (Å²) in [5.74, 6) is -0.255. The number of nitrogens with one attached hydrogen (secondary N) is 2. The summed E-state index contributed by atoms with van der Waals surface area (Å²) >= 11 is 0. The third kappa shape index (κ3) is 6.22. The molecule has 35 heavy (non-hydrogen) atoms. The molecule has 1 atom stereocenters. The number of alkyl carbamates (subject to hydrolysis) is 1. The van der Waals surface area contributed by atoms with Crippen molar-refractivity contribution in [2.24, 2.45) is 5.41 Å². The number of rotatable bonds is 7. The van der Waals surface area contributed by atoms with E-state index in [4.69, 9.17) is 4.74 Å². The van der Waals surface area contributed by atoms with Crippen LogP contribution < -0.4 is 15.5 Å². The molecule has 3 heterocycles. The maximum atomic E-state index is 13.2. The number of ether oxygens (including phenoxy) is 1. The zero-order valence-corrected chi connectivity index (χ0v) is 20.4. The maximum absolute atomic E-state index is 13.2. The first-order chi connectivity index (χ1) is 16.9. The number of hydrogen-bond acceptors (Lipinski definition) is 6. The summed E-state index contributed by atoms with van der Waals surface area (Å²) in [6, 6.07) is 6.82. The van der Waals surface area contributed by atoms with Gasteiger partial charge in [0, 0.05) is 57.5 Å². The predicted molar refractivity (Wildman–Crippen MR) is 129 cm³/mol. The van der Waals surface area contributed by atoms with Crippen molar-refractivity contribution in [3.63, 3.8) is 0 Å². The van der Waals surface area contributed by atoms with Crippen LogP contribution in [0.1, 0.15) is 32.6 Å². The number of benzene rings is 1. The van der Waals surface area contributed by atoms with E-state index < -0.39 is 11.5 Å². The van der Waals surface area contributed by atoms with Gasteiger partial charge in [0.15, 0.2) is 0 Å².